The van der Waals surface area contributed by atoms with Crippen molar-refractivity contribution in [2.45, 2.75) is 6.54 Å². The van der Waals surface area contributed by atoms with Crippen LogP contribution in [0.4, 0.5) is 0 Å². The second-order valence-corrected chi connectivity index (χ2v) is 8.64. The molecule has 0 unspecified atom stereocenters. The summed E-state index contributed by atoms with van der Waals surface area (Å²) >= 11 is 0. The van der Waals surface area contributed by atoms with Gasteiger partial charge >= 0.3 is 0 Å². The van der Waals surface area contributed by atoms with Gasteiger partial charge in [0.1, 0.15) is 0 Å². The first-order valence-corrected chi connectivity index (χ1v) is 11.4. The van der Waals surface area contributed by atoms with Crippen LogP contribution in [0.1, 0.15) is 16.7 Å². The van der Waals surface area contributed by atoms with E-state index in [1.54, 1.807) is 0 Å². The SMILES string of the molecule is N#C/C(=C/c1cn(Cc2ccc3ccccc3c2)c2ccccc12)c1ccc2ccccc2c1. The summed E-state index contributed by atoms with van der Waals surface area (Å²) in [6.45, 7) is 0.775. The molecule has 0 saturated carbocycles. The molecule has 0 fully saturated rings. The van der Waals surface area contributed by atoms with E-state index in [4.69, 9.17) is 0 Å². The van der Waals surface area contributed by atoms with Gasteiger partial charge in [-0.15, -0.1) is 0 Å². The lowest BCUT2D eigenvalue weighted by Gasteiger charge is -2.07. The Kier molecular flexibility index (Phi) is 4.94. The third-order valence-electron chi connectivity index (χ3n) is 6.47. The van der Waals surface area contributed by atoms with Gasteiger partial charge in [0, 0.05) is 29.2 Å². The van der Waals surface area contributed by atoms with Crippen LogP contribution in [0.15, 0.2) is 115 Å². The minimum Gasteiger partial charge on any atom is -0.342 e. The van der Waals surface area contributed by atoms with Gasteiger partial charge < -0.3 is 4.57 Å². The van der Waals surface area contributed by atoms with Crippen LogP contribution >= 0.6 is 0 Å². The molecule has 0 radical (unpaired) electrons. The van der Waals surface area contributed by atoms with Crippen molar-refractivity contribution in [2.24, 2.45) is 0 Å². The summed E-state index contributed by atoms with van der Waals surface area (Å²) in [5.41, 5.74) is 5.08. The summed E-state index contributed by atoms with van der Waals surface area (Å²) in [6.07, 6.45) is 4.18. The molecular weight excluding hydrogens is 412 g/mol. The Morgan fingerprint density at radius 3 is 2.12 bits per heavy atom. The highest BCUT2D eigenvalue weighted by atomic mass is 15.0. The number of aromatic nitrogens is 1. The zero-order chi connectivity index (χ0) is 22.9. The lowest BCUT2D eigenvalue weighted by Crippen LogP contribution is -1.97. The summed E-state index contributed by atoms with van der Waals surface area (Å²) in [5, 5.41) is 16.0. The third-order valence-corrected chi connectivity index (χ3v) is 6.47. The van der Waals surface area contributed by atoms with E-state index in [1.807, 2.05) is 24.3 Å². The van der Waals surface area contributed by atoms with Crippen molar-refractivity contribution in [3.8, 4) is 6.07 Å². The minimum atomic E-state index is 0.666. The molecule has 6 aromatic rings. The van der Waals surface area contributed by atoms with Crippen LogP contribution in [0, 0.1) is 11.3 Å². The van der Waals surface area contributed by atoms with E-state index in [2.05, 4.69) is 108 Å². The Balaban J connectivity index is 1.43. The number of nitriles is 1. The Hall–Kier alpha value is -4.61. The number of benzene rings is 5. The van der Waals surface area contributed by atoms with E-state index >= 15 is 0 Å². The lowest BCUT2D eigenvalue weighted by atomic mass is 10.00. The normalized spacial score (nSPS) is 11.8. The molecule has 34 heavy (non-hydrogen) atoms. The fourth-order valence-corrected chi connectivity index (χ4v) is 4.75. The Morgan fingerprint density at radius 2 is 1.35 bits per heavy atom. The van der Waals surface area contributed by atoms with Gasteiger partial charge in [0.15, 0.2) is 0 Å². The maximum Gasteiger partial charge on any atom is 0.0998 e. The molecule has 0 aliphatic carbocycles. The van der Waals surface area contributed by atoms with Crippen LogP contribution in [0.25, 0.3) is 44.1 Å². The number of nitrogens with zero attached hydrogens (tertiary/aromatic N) is 2. The third kappa shape index (κ3) is 3.64. The number of hydrogen-bond donors (Lipinski definition) is 0. The van der Waals surface area contributed by atoms with Crippen LogP contribution in [0.2, 0.25) is 0 Å². The Morgan fingerprint density at radius 1 is 0.706 bits per heavy atom. The first-order valence-electron chi connectivity index (χ1n) is 11.4. The molecule has 0 amide bonds. The molecule has 5 aromatic carbocycles. The van der Waals surface area contributed by atoms with Crippen molar-refractivity contribution >= 4 is 44.1 Å². The monoisotopic (exact) mass is 434 g/mol. The van der Waals surface area contributed by atoms with Crippen LogP contribution in [-0.4, -0.2) is 4.57 Å². The van der Waals surface area contributed by atoms with Crippen molar-refractivity contribution in [1.82, 2.24) is 4.57 Å². The summed E-state index contributed by atoms with van der Waals surface area (Å²) in [6, 6.07) is 40.4. The van der Waals surface area contributed by atoms with Gasteiger partial charge in [0.05, 0.1) is 11.6 Å². The van der Waals surface area contributed by atoms with E-state index in [-0.39, 0.29) is 0 Å². The van der Waals surface area contributed by atoms with Crippen LogP contribution in [0.5, 0.6) is 0 Å². The second-order valence-electron chi connectivity index (χ2n) is 8.64. The molecule has 2 nitrogen and oxygen atoms in total. The van der Waals surface area contributed by atoms with E-state index in [9.17, 15) is 5.26 Å². The molecule has 1 heterocycles. The molecule has 0 atom stereocenters. The Labute approximate surface area is 198 Å². The van der Waals surface area contributed by atoms with Crippen molar-refractivity contribution in [3.63, 3.8) is 0 Å². The van der Waals surface area contributed by atoms with E-state index in [0.717, 1.165) is 34.0 Å². The second kappa shape index (κ2) is 8.39. The predicted octanol–water partition coefficient (Wildman–Crippen LogP) is 8.06. The quantitative estimate of drug-likeness (QED) is 0.258. The average Bonchev–Trinajstić information content (AvgIpc) is 3.24. The molecule has 0 saturated heterocycles. The molecule has 0 N–H and O–H groups in total. The average molecular weight is 435 g/mol. The zero-order valence-corrected chi connectivity index (χ0v) is 18.6. The smallest absolute Gasteiger partial charge is 0.0998 e. The van der Waals surface area contributed by atoms with E-state index in [0.29, 0.717) is 5.57 Å². The summed E-state index contributed by atoms with van der Waals surface area (Å²) < 4.78 is 2.28. The van der Waals surface area contributed by atoms with Gasteiger partial charge in [0.25, 0.3) is 0 Å². The van der Waals surface area contributed by atoms with Crippen molar-refractivity contribution in [2.75, 3.05) is 0 Å². The predicted molar refractivity (Wildman–Crippen MR) is 142 cm³/mol. The van der Waals surface area contributed by atoms with E-state index in [1.165, 1.54) is 21.7 Å². The number of fused-ring (bicyclic) bond motifs is 3. The number of rotatable bonds is 4. The van der Waals surface area contributed by atoms with Gasteiger partial charge in [-0.3, -0.25) is 0 Å². The van der Waals surface area contributed by atoms with Gasteiger partial charge in [-0.2, -0.15) is 5.26 Å². The van der Waals surface area contributed by atoms with Gasteiger partial charge in [0.2, 0.25) is 0 Å². The first kappa shape index (κ1) is 20.0. The number of allylic oxidation sites excluding steroid dienone is 1. The Bertz CT molecular complexity index is 1740. The largest absolute Gasteiger partial charge is 0.342 e. The number of para-hydroxylation sites is 1. The molecular formula is C32H22N2. The first-order chi connectivity index (χ1) is 16.8. The summed E-state index contributed by atoms with van der Waals surface area (Å²) in [7, 11) is 0. The maximum absolute atomic E-state index is 10.0. The molecule has 0 aliphatic heterocycles. The van der Waals surface area contributed by atoms with E-state index < -0.39 is 0 Å². The number of hydrogen-bond acceptors (Lipinski definition) is 1. The van der Waals surface area contributed by atoms with Crippen molar-refractivity contribution in [3.05, 3.63) is 132 Å². The van der Waals surface area contributed by atoms with Crippen LogP contribution in [-0.2, 0) is 6.54 Å². The molecule has 160 valence electrons. The molecule has 1 aromatic heterocycles. The molecule has 6 rings (SSSR count). The van der Waals surface area contributed by atoms with Gasteiger partial charge in [-0.1, -0.05) is 91.0 Å². The van der Waals surface area contributed by atoms with Crippen LogP contribution < -0.4 is 0 Å². The summed E-state index contributed by atoms with van der Waals surface area (Å²) in [4.78, 5) is 0. The fourth-order valence-electron chi connectivity index (χ4n) is 4.75. The molecule has 0 aliphatic rings. The highest BCUT2D eigenvalue weighted by Crippen LogP contribution is 2.28. The molecule has 0 spiro atoms. The van der Waals surface area contributed by atoms with Gasteiger partial charge in [-0.25, -0.2) is 0 Å². The maximum atomic E-state index is 10.0. The molecule has 2 heteroatoms. The highest BCUT2D eigenvalue weighted by molar-refractivity contribution is 5.99. The topological polar surface area (TPSA) is 28.7 Å². The fraction of sp³-hybridized carbons (Fsp3) is 0.0312. The minimum absolute atomic E-state index is 0.666. The standard InChI is InChI=1S/C32H22N2/c33-20-29(28-16-15-25-8-2-4-10-27(25)18-28)19-30-22-34(32-12-6-5-11-31(30)32)21-23-13-14-24-7-1-3-9-26(24)17-23/h1-19,22H,21H2/b29-19-. The van der Waals surface area contributed by atoms with Crippen LogP contribution in [0.3, 0.4) is 0 Å². The molecule has 0 bridgehead atoms. The summed E-state index contributed by atoms with van der Waals surface area (Å²) in [5.74, 6) is 0. The zero-order valence-electron chi connectivity index (χ0n) is 18.6. The van der Waals surface area contributed by atoms with Gasteiger partial charge in [-0.05, 0) is 56.9 Å². The highest BCUT2D eigenvalue weighted by Gasteiger charge is 2.10. The lowest BCUT2D eigenvalue weighted by molar-refractivity contribution is 0.837. The van der Waals surface area contributed by atoms with Crippen molar-refractivity contribution < 1.29 is 0 Å². The van der Waals surface area contributed by atoms with Crippen molar-refractivity contribution in [1.29, 1.82) is 5.26 Å².